The lowest BCUT2D eigenvalue weighted by Crippen LogP contribution is -2.04. The summed E-state index contributed by atoms with van der Waals surface area (Å²) in [5, 5.41) is 0. The average Bonchev–Trinajstić information content (AvgIpc) is 2.93. The van der Waals surface area contributed by atoms with E-state index >= 15 is 0 Å². The molecule has 1 aliphatic carbocycles. The molecule has 1 aromatic rings. The molecule has 0 unspecified atom stereocenters. The predicted molar refractivity (Wildman–Crippen MR) is 59.6 cm³/mol. The van der Waals surface area contributed by atoms with E-state index < -0.39 is 0 Å². The van der Waals surface area contributed by atoms with E-state index in [0.29, 0.717) is 5.92 Å². The van der Waals surface area contributed by atoms with Crippen LogP contribution in [0.25, 0.3) is 0 Å². The molecule has 1 aliphatic rings. The van der Waals surface area contributed by atoms with Gasteiger partial charge in [0, 0.05) is 17.5 Å². The van der Waals surface area contributed by atoms with Gasteiger partial charge in [0.25, 0.3) is 0 Å². The fourth-order valence-corrected chi connectivity index (χ4v) is 1.98. The van der Waals surface area contributed by atoms with Crippen LogP contribution in [0.5, 0.6) is 11.5 Å². The van der Waals surface area contributed by atoms with Crippen LogP contribution < -0.4 is 15.2 Å². The molecular weight excluding hydrogens is 190 g/mol. The van der Waals surface area contributed by atoms with Crippen molar-refractivity contribution >= 4 is 0 Å². The summed E-state index contributed by atoms with van der Waals surface area (Å²) in [7, 11) is 3.37. The third kappa shape index (κ3) is 1.79. The molecule has 3 nitrogen and oxygen atoms in total. The Kier molecular flexibility index (Phi) is 2.57. The Morgan fingerprint density at radius 1 is 1.20 bits per heavy atom. The molecule has 0 radical (unpaired) electrons. The number of rotatable bonds is 3. The van der Waals surface area contributed by atoms with Crippen LogP contribution in [-0.4, -0.2) is 20.3 Å². The van der Waals surface area contributed by atoms with Crippen LogP contribution >= 0.6 is 0 Å². The monoisotopic (exact) mass is 207 g/mol. The van der Waals surface area contributed by atoms with Crippen LogP contribution in [0, 0.1) is 6.92 Å². The highest BCUT2D eigenvalue weighted by Gasteiger charge is 2.39. The average molecular weight is 207 g/mol. The fraction of sp³-hybridized carbons (Fsp3) is 0.500. The lowest BCUT2D eigenvalue weighted by Gasteiger charge is -2.13. The van der Waals surface area contributed by atoms with Gasteiger partial charge in [-0.3, -0.25) is 0 Å². The van der Waals surface area contributed by atoms with E-state index in [9.17, 15) is 0 Å². The Labute approximate surface area is 90.2 Å². The molecule has 2 atom stereocenters. The van der Waals surface area contributed by atoms with Crippen LogP contribution in [0.4, 0.5) is 0 Å². The lowest BCUT2D eigenvalue weighted by atomic mass is 10.0. The highest BCUT2D eigenvalue weighted by atomic mass is 16.5. The summed E-state index contributed by atoms with van der Waals surface area (Å²) in [5.41, 5.74) is 8.14. The minimum absolute atomic E-state index is 0.260. The van der Waals surface area contributed by atoms with Gasteiger partial charge in [0.15, 0.2) is 0 Å². The number of hydrogen-bond donors (Lipinski definition) is 1. The number of ether oxygens (including phenoxy) is 2. The van der Waals surface area contributed by atoms with Crippen molar-refractivity contribution in [3.63, 3.8) is 0 Å². The van der Waals surface area contributed by atoms with Crippen molar-refractivity contribution in [3.05, 3.63) is 23.3 Å². The SMILES string of the molecule is COc1cc(C)cc(OC)c1[C@@H]1C[C@H]1N. The Hall–Kier alpha value is -1.22. The Balaban J connectivity index is 2.48. The third-order valence-electron chi connectivity index (χ3n) is 2.90. The topological polar surface area (TPSA) is 44.5 Å². The van der Waals surface area contributed by atoms with Crippen molar-refractivity contribution in [1.82, 2.24) is 0 Å². The van der Waals surface area contributed by atoms with E-state index in [4.69, 9.17) is 15.2 Å². The second kappa shape index (κ2) is 3.74. The molecule has 3 heteroatoms. The quantitative estimate of drug-likeness (QED) is 0.822. The van der Waals surface area contributed by atoms with Crippen LogP contribution in [-0.2, 0) is 0 Å². The minimum Gasteiger partial charge on any atom is -0.496 e. The number of hydrogen-bond acceptors (Lipinski definition) is 3. The molecule has 1 aromatic carbocycles. The number of benzene rings is 1. The van der Waals surface area contributed by atoms with Gasteiger partial charge in [-0.1, -0.05) is 0 Å². The van der Waals surface area contributed by atoms with E-state index in [2.05, 4.69) is 0 Å². The van der Waals surface area contributed by atoms with E-state index in [-0.39, 0.29) is 6.04 Å². The van der Waals surface area contributed by atoms with Gasteiger partial charge in [0.1, 0.15) is 11.5 Å². The number of aryl methyl sites for hydroxylation is 1. The second-order valence-corrected chi connectivity index (χ2v) is 4.09. The first kappa shape index (κ1) is 10.3. The molecule has 0 heterocycles. The van der Waals surface area contributed by atoms with Crippen molar-refractivity contribution in [3.8, 4) is 11.5 Å². The van der Waals surface area contributed by atoms with E-state index in [0.717, 1.165) is 29.0 Å². The van der Waals surface area contributed by atoms with E-state index in [1.54, 1.807) is 14.2 Å². The zero-order chi connectivity index (χ0) is 11.0. The maximum absolute atomic E-state index is 5.87. The van der Waals surface area contributed by atoms with Crippen molar-refractivity contribution in [1.29, 1.82) is 0 Å². The number of methoxy groups -OCH3 is 2. The summed E-state index contributed by atoms with van der Waals surface area (Å²) < 4.78 is 10.8. The molecule has 1 saturated carbocycles. The van der Waals surface area contributed by atoms with Gasteiger partial charge in [-0.15, -0.1) is 0 Å². The second-order valence-electron chi connectivity index (χ2n) is 4.09. The standard InChI is InChI=1S/C12H17NO2/c1-7-4-10(14-2)12(8-6-9(8)13)11(5-7)15-3/h4-5,8-9H,6,13H2,1-3H3/t8-,9-/m1/s1. The summed E-state index contributed by atoms with van der Waals surface area (Å²) in [6, 6.07) is 4.32. The highest BCUT2D eigenvalue weighted by Crippen LogP contribution is 2.48. The smallest absolute Gasteiger partial charge is 0.126 e. The van der Waals surface area contributed by atoms with Gasteiger partial charge in [0.05, 0.1) is 14.2 Å². The first-order valence-corrected chi connectivity index (χ1v) is 5.15. The molecule has 0 saturated heterocycles. The van der Waals surface area contributed by atoms with E-state index in [1.807, 2.05) is 19.1 Å². The molecule has 0 aromatic heterocycles. The van der Waals surface area contributed by atoms with Crippen LogP contribution in [0.2, 0.25) is 0 Å². The van der Waals surface area contributed by atoms with Crippen molar-refractivity contribution in [2.24, 2.45) is 5.73 Å². The van der Waals surface area contributed by atoms with Crippen molar-refractivity contribution in [2.45, 2.75) is 25.3 Å². The molecule has 0 spiro atoms. The molecule has 82 valence electrons. The molecule has 2 rings (SSSR count). The van der Waals surface area contributed by atoms with Gasteiger partial charge in [-0.25, -0.2) is 0 Å². The molecule has 0 amide bonds. The summed E-state index contributed by atoms with van der Waals surface area (Å²) in [6.07, 6.45) is 1.02. The molecule has 0 bridgehead atoms. The minimum atomic E-state index is 0.260. The maximum atomic E-state index is 5.87. The Morgan fingerprint density at radius 2 is 1.67 bits per heavy atom. The van der Waals surface area contributed by atoms with Crippen molar-refractivity contribution < 1.29 is 9.47 Å². The van der Waals surface area contributed by atoms with Gasteiger partial charge >= 0.3 is 0 Å². The summed E-state index contributed by atoms with van der Waals surface area (Å²) >= 11 is 0. The third-order valence-corrected chi connectivity index (χ3v) is 2.90. The van der Waals surface area contributed by atoms with Gasteiger partial charge in [-0.2, -0.15) is 0 Å². The first-order chi connectivity index (χ1) is 7.17. The normalized spacial score (nSPS) is 23.7. The highest BCUT2D eigenvalue weighted by molar-refractivity contribution is 5.52. The van der Waals surface area contributed by atoms with Gasteiger partial charge in [-0.05, 0) is 31.0 Å². The molecular formula is C12H17NO2. The first-order valence-electron chi connectivity index (χ1n) is 5.15. The Bertz CT molecular complexity index is 351. The van der Waals surface area contributed by atoms with Gasteiger partial charge < -0.3 is 15.2 Å². The zero-order valence-electron chi connectivity index (χ0n) is 9.41. The van der Waals surface area contributed by atoms with Crippen LogP contribution in [0.3, 0.4) is 0 Å². The van der Waals surface area contributed by atoms with E-state index in [1.165, 1.54) is 0 Å². The summed E-state index contributed by atoms with van der Waals surface area (Å²) in [4.78, 5) is 0. The molecule has 15 heavy (non-hydrogen) atoms. The predicted octanol–water partition coefficient (Wildman–Crippen LogP) is 1.83. The Morgan fingerprint density at radius 3 is 2.00 bits per heavy atom. The number of nitrogens with two attached hydrogens (primary N) is 1. The van der Waals surface area contributed by atoms with Crippen molar-refractivity contribution in [2.75, 3.05) is 14.2 Å². The van der Waals surface area contributed by atoms with Crippen LogP contribution in [0.15, 0.2) is 12.1 Å². The fourth-order valence-electron chi connectivity index (χ4n) is 1.98. The molecule has 0 aliphatic heterocycles. The largest absolute Gasteiger partial charge is 0.496 e. The van der Waals surface area contributed by atoms with Gasteiger partial charge in [0.2, 0.25) is 0 Å². The molecule has 1 fully saturated rings. The summed E-state index contributed by atoms with van der Waals surface area (Å²) in [5.74, 6) is 2.19. The lowest BCUT2D eigenvalue weighted by molar-refractivity contribution is 0.384. The van der Waals surface area contributed by atoms with Crippen LogP contribution in [0.1, 0.15) is 23.5 Å². The zero-order valence-corrected chi connectivity index (χ0v) is 9.41. The summed E-state index contributed by atoms with van der Waals surface area (Å²) in [6.45, 7) is 2.03. The molecule has 2 N–H and O–H groups in total. The maximum Gasteiger partial charge on any atom is 0.126 e.